The number of sulfonamides is 1. The summed E-state index contributed by atoms with van der Waals surface area (Å²) in [6.45, 7) is 2.04. The van der Waals surface area contributed by atoms with Crippen molar-refractivity contribution in [2.75, 3.05) is 30.0 Å². The normalized spacial score (nSPS) is 12.2. The van der Waals surface area contributed by atoms with Crippen LogP contribution in [-0.4, -0.2) is 46.0 Å². The number of ether oxygens (including phenoxy) is 1. The number of methoxy groups -OCH3 is 1. The maximum atomic E-state index is 12.5. The zero-order valence-corrected chi connectivity index (χ0v) is 17.9. The standard InChI is InChI=1S/C20H26N2O4S2/c1-16(20(23)21-12-13-27-15-17-8-5-4-6-9-17)22(28(3,24)25)18-10-7-11-19(14-18)26-2/h4-11,14,16H,12-13,15H2,1-3H3,(H,21,23). The molecule has 0 aromatic heterocycles. The van der Waals surface area contributed by atoms with E-state index in [4.69, 9.17) is 4.74 Å². The highest BCUT2D eigenvalue weighted by Gasteiger charge is 2.29. The molecule has 0 saturated heterocycles. The van der Waals surface area contributed by atoms with Crippen LogP contribution in [0.4, 0.5) is 5.69 Å². The molecule has 0 heterocycles. The van der Waals surface area contributed by atoms with Crippen molar-refractivity contribution in [1.29, 1.82) is 0 Å². The summed E-state index contributed by atoms with van der Waals surface area (Å²) in [4.78, 5) is 12.5. The summed E-state index contributed by atoms with van der Waals surface area (Å²) in [5.41, 5.74) is 1.62. The lowest BCUT2D eigenvalue weighted by atomic mass is 10.2. The smallest absolute Gasteiger partial charge is 0.243 e. The SMILES string of the molecule is COc1cccc(N(C(C)C(=O)NCCSCc2ccccc2)S(C)(=O)=O)c1. The lowest BCUT2D eigenvalue weighted by Gasteiger charge is -2.28. The molecule has 0 radical (unpaired) electrons. The van der Waals surface area contributed by atoms with Gasteiger partial charge in [0, 0.05) is 24.1 Å². The summed E-state index contributed by atoms with van der Waals surface area (Å²) in [5, 5.41) is 2.82. The molecule has 0 aliphatic rings. The monoisotopic (exact) mass is 422 g/mol. The molecule has 6 nitrogen and oxygen atoms in total. The third-order valence-corrected chi connectivity index (χ3v) is 6.33. The number of carbonyl (C=O) groups is 1. The van der Waals surface area contributed by atoms with Crippen molar-refractivity contribution in [1.82, 2.24) is 5.32 Å². The van der Waals surface area contributed by atoms with Gasteiger partial charge in [-0.05, 0) is 24.6 Å². The summed E-state index contributed by atoms with van der Waals surface area (Å²) >= 11 is 1.71. The lowest BCUT2D eigenvalue weighted by molar-refractivity contribution is -0.121. The van der Waals surface area contributed by atoms with Crippen molar-refractivity contribution < 1.29 is 17.9 Å². The summed E-state index contributed by atoms with van der Waals surface area (Å²) in [6.07, 6.45) is 1.09. The summed E-state index contributed by atoms with van der Waals surface area (Å²) in [5.74, 6) is 1.79. The van der Waals surface area contributed by atoms with Gasteiger partial charge in [0.25, 0.3) is 0 Å². The molecule has 8 heteroatoms. The van der Waals surface area contributed by atoms with Gasteiger partial charge in [-0.15, -0.1) is 0 Å². The highest BCUT2D eigenvalue weighted by molar-refractivity contribution is 7.98. The van der Waals surface area contributed by atoms with E-state index in [0.717, 1.165) is 22.1 Å². The minimum Gasteiger partial charge on any atom is -0.497 e. The van der Waals surface area contributed by atoms with Gasteiger partial charge >= 0.3 is 0 Å². The Bertz CT molecular complexity index is 873. The summed E-state index contributed by atoms with van der Waals surface area (Å²) in [6, 6.07) is 15.9. The topological polar surface area (TPSA) is 75.7 Å². The van der Waals surface area contributed by atoms with E-state index in [0.29, 0.717) is 18.0 Å². The van der Waals surface area contributed by atoms with Crippen LogP contribution in [0.3, 0.4) is 0 Å². The van der Waals surface area contributed by atoms with Crippen LogP contribution in [0, 0.1) is 0 Å². The van der Waals surface area contributed by atoms with Crippen LogP contribution in [0.25, 0.3) is 0 Å². The number of nitrogens with zero attached hydrogens (tertiary/aromatic N) is 1. The minimum atomic E-state index is -3.65. The van der Waals surface area contributed by atoms with E-state index in [1.165, 1.54) is 12.7 Å². The second kappa shape index (κ2) is 10.4. The fraction of sp³-hybridized carbons (Fsp3) is 0.350. The number of rotatable bonds is 10. The Morgan fingerprint density at radius 3 is 2.54 bits per heavy atom. The number of hydrogen-bond acceptors (Lipinski definition) is 5. The number of anilines is 1. The van der Waals surface area contributed by atoms with Crippen molar-refractivity contribution in [3.63, 3.8) is 0 Å². The van der Waals surface area contributed by atoms with Gasteiger partial charge in [-0.3, -0.25) is 9.10 Å². The zero-order valence-electron chi connectivity index (χ0n) is 16.3. The predicted molar refractivity (Wildman–Crippen MR) is 115 cm³/mol. The van der Waals surface area contributed by atoms with Crippen molar-refractivity contribution in [2.24, 2.45) is 0 Å². The third-order valence-electron chi connectivity index (χ3n) is 4.05. The number of nitrogens with one attached hydrogen (secondary N) is 1. The molecule has 2 aromatic rings. The molecule has 2 aromatic carbocycles. The van der Waals surface area contributed by atoms with Crippen LogP contribution in [0.1, 0.15) is 12.5 Å². The summed E-state index contributed by atoms with van der Waals surface area (Å²) in [7, 11) is -2.14. The summed E-state index contributed by atoms with van der Waals surface area (Å²) < 4.78 is 30.9. The van der Waals surface area contributed by atoms with Crippen LogP contribution in [-0.2, 0) is 20.6 Å². The average Bonchev–Trinajstić information content (AvgIpc) is 2.67. The Labute approximate surface area is 171 Å². The van der Waals surface area contributed by atoms with E-state index in [-0.39, 0.29) is 5.91 Å². The molecular weight excluding hydrogens is 396 g/mol. The Balaban J connectivity index is 1.94. The maximum absolute atomic E-state index is 12.5. The molecular formula is C20H26N2O4S2. The highest BCUT2D eigenvalue weighted by atomic mass is 32.2. The number of hydrogen-bond donors (Lipinski definition) is 1. The Hall–Kier alpha value is -2.19. The van der Waals surface area contributed by atoms with Gasteiger partial charge < -0.3 is 10.1 Å². The zero-order chi connectivity index (χ0) is 20.6. The fourth-order valence-corrected chi connectivity index (χ4v) is 4.70. The number of benzene rings is 2. The second-order valence-electron chi connectivity index (χ2n) is 6.27. The fourth-order valence-electron chi connectivity index (χ4n) is 2.71. The molecule has 1 amide bonds. The first-order valence-corrected chi connectivity index (χ1v) is 11.9. The van der Waals surface area contributed by atoms with E-state index in [1.807, 2.05) is 18.2 Å². The minimum absolute atomic E-state index is 0.339. The first-order chi connectivity index (χ1) is 13.3. The first-order valence-electron chi connectivity index (χ1n) is 8.85. The first kappa shape index (κ1) is 22.1. The van der Waals surface area contributed by atoms with E-state index in [2.05, 4.69) is 17.4 Å². The van der Waals surface area contributed by atoms with Gasteiger partial charge in [0.15, 0.2) is 0 Å². The molecule has 0 aliphatic carbocycles. The van der Waals surface area contributed by atoms with Gasteiger partial charge in [0.1, 0.15) is 11.8 Å². The Kier molecular flexibility index (Phi) is 8.19. The maximum Gasteiger partial charge on any atom is 0.243 e. The Morgan fingerprint density at radius 2 is 1.89 bits per heavy atom. The molecule has 1 N–H and O–H groups in total. The molecule has 152 valence electrons. The number of amides is 1. The Morgan fingerprint density at radius 1 is 1.18 bits per heavy atom. The number of carbonyl (C=O) groups excluding carboxylic acids is 1. The largest absolute Gasteiger partial charge is 0.497 e. The van der Waals surface area contributed by atoms with Crippen LogP contribution in [0.5, 0.6) is 5.75 Å². The van der Waals surface area contributed by atoms with Crippen molar-refractivity contribution in [2.45, 2.75) is 18.7 Å². The van der Waals surface area contributed by atoms with Crippen molar-refractivity contribution in [3.05, 3.63) is 60.2 Å². The van der Waals surface area contributed by atoms with Gasteiger partial charge in [-0.1, -0.05) is 36.4 Å². The molecule has 0 saturated carbocycles. The van der Waals surface area contributed by atoms with Gasteiger partial charge in [0.2, 0.25) is 15.9 Å². The molecule has 1 atom stereocenters. The van der Waals surface area contributed by atoms with E-state index >= 15 is 0 Å². The molecule has 0 fully saturated rings. The molecule has 1 unspecified atom stereocenters. The molecule has 28 heavy (non-hydrogen) atoms. The van der Waals surface area contributed by atoms with Gasteiger partial charge in [-0.25, -0.2) is 8.42 Å². The van der Waals surface area contributed by atoms with Crippen molar-refractivity contribution >= 4 is 33.4 Å². The molecule has 2 rings (SSSR count). The van der Waals surface area contributed by atoms with Gasteiger partial charge in [-0.2, -0.15) is 11.8 Å². The number of thioether (sulfide) groups is 1. The average molecular weight is 423 g/mol. The van der Waals surface area contributed by atoms with Crippen LogP contribution in [0.15, 0.2) is 54.6 Å². The molecule has 0 spiro atoms. The van der Waals surface area contributed by atoms with Crippen LogP contribution in [0.2, 0.25) is 0 Å². The quantitative estimate of drug-likeness (QED) is 0.596. The van der Waals surface area contributed by atoms with Crippen LogP contribution < -0.4 is 14.4 Å². The second-order valence-corrected chi connectivity index (χ2v) is 9.23. The molecule has 0 bridgehead atoms. The van der Waals surface area contributed by atoms with E-state index in [9.17, 15) is 13.2 Å². The highest BCUT2D eigenvalue weighted by Crippen LogP contribution is 2.25. The van der Waals surface area contributed by atoms with E-state index in [1.54, 1.807) is 43.0 Å². The van der Waals surface area contributed by atoms with E-state index < -0.39 is 16.1 Å². The molecule has 0 aliphatic heterocycles. The van der Waals surface area contributed by atoms with Crippen LogP contribution >= 0.6 is 11.8 Å². The van der Waals surface area contributed by atoms with Gasteiger partial charge in [0.05, 0.1) is 19.1 Å². The predicted octanol–water partition coefficient (Wildman–Crippen LogP) is 2.90. The van der Waals surface area contributed by atoms with Crippen molar-refractivity contribution in [3.8, 4) is 5.75 Å². The third kappa shape index (κ3) is 6.45. The lowest BCUT2D eigenvalue weighted by Crippen LogP contribution is -2.48.